The number of nitrogen functional groups attached to an aromatic ring is 1. The van der Waals surface area contributed by atoms with Crippen molar-refractivity contribution in [3.63, 3.8) is 0 Å². The summed E-state index contributed by atoms with van der Waals surface area (Å²) in [6.45, 7) is 4.51. The first-order valence-corrected chi connectivity index (χ1v) is 9.02. The molecule has 0 saturated heterocycles. The molecule has 1 saturated carbocycles. The number of sulfonamides is 1. The van der Waals surface area contributed by atoms with Crippen molar-refractivity contribution in [3.05, 3.63) is 18.2 Å². The van der Waals surface area contributed by atoms with Crippen LogP contribution in [-0.4, -0.2) is 14.5 Å². The third-order valence-electron chi connectivity index (χ3n) is 4.34. The molecule has 6 heteroatoms. The van der Waals surface area contributed by atoms with E-state index in [4.69, 9.17) is 10.9 Å². The van der Waals surface area contributed by atoms with Crippen molar-refractivity contribution in [2.45, 2.75) is 50.5 Å². The lowest BCUT2D eigenvalue weighted by Gasteiger charge is -2.35. The average molecular weight is 311 g/mol. The number of anilines is 2. The zero-order valence-corrected chi connectivity index (χ0v) is 13.5. The van der Waals surface area contributed by atoms with E-state index in [9.17, 15) is 8.42 Å². The number of nitrogens with two attached hydrogens (primary N) is 2. The SMILES string of the molecule is CC(C)C1CCCCC1Nc1ccc(S(N)(=O)=O)c(N)c1. The Hall–Kier alpha value is -1.27. The average Bonchev–Trinajstić information content (AvgIpc) is 2.37. The van der Waals surface area contributed by atoms with E-state index in [0.717, 1.165) is 12.1 Å². The second-order valence-corrected chi connectivity index (χ2v) is 7.77. The Morgan fingerprint density at radius 2 is 1.90 bits per heavy atom. The lowest BCUT2D eigenvalue weighted by Crippen LogP contribution is -2.35. The van der Waals surface area contributed by atoms with Crippen LogP contribution in [-0.2, 0) is 10.0 Å². The molecule has 1 aromatic carbocycles. The van der Waals surface area contributed by atoms with Gasteiger partial charge in [-0.1, -0.05) is 26.7 Å². The number of nitrogens with one attached hydrogen (secondary N) is 1. The fourth-order valence-corrected chi connectivity index (χ4v) is 3.89. The van der Waals surface area contributed by atoms with Gasteiger partial charge in [-0.05, 0) is 42.9 Å². The Morgan fingerprint density at radius 1 is 1.24 bits per heavy atom. The summed E-state index contributed by atoms with van der Waals surface area (Å²) in [5.74, 6) is 1.27. The third-order valence-corrected chi connectivity index (χ3v) is 5.33. The number of rotatable bonds is 4. The van der Waals surface area contributed by atoms with Gasteiger partial charge in [0.15, 0.2) is 0 Å². The molecule has 1 aliphatic carbocycles. The van der Waals surface area contributed by atoms with Crippen LogP contribution in [0.3, 0.4) is 0 Å². The molecule has 1 aliphatic rings. The van der Waals surface area contributed by atoms with E-state index >= 15 is 0 Å². The highest BCUT2D eigenvalue weighted by Gasteiger charge is 2.27. The van der Waals surface area contributed by atoms with E-state index in [0.29, 0.717) is 17.9 Å². The molecule has 118 valence electrons. The van der Waals surface area contributed by atoms with Gasteiger partial charge in [0.25, 0.3) is 0 Å². The molecule has 0 aromatic heterocycles. The monoisotopic (exact) mass is 311 g/mol. The highest BCUT2D eigenvalue weighted by atomic mass is 32.2. The molecule has 2 unspecified atom stereocenters. The van der Waals surface area contributed by atoms with Crippen LogP contribution in [0.4, 0.5) is 11.4 Å². The molecule has 1 aromatic rings. The van der Waals surface area contributed by atoms with Crippen LogP contribution < -0.4 is 16.2 Å². The molecule has 21 heavy (non-hydrogen) atoms. The summed E-state index contributed by atoms with van der Waals surface area (Å²) in [5, 5.41) is 8.64. The Bertz CT molecular complexity index is 599. The van der Waals surface area contributed by atoms with Gasteiger partial charge in [-0.25, -0.2) is 13.6 Å². The fraction of sp³-hybridized carbons (Fsp3) is 0.600. The van der Waals surface area contributed by atoms with Crippen molar-refractivity contribution < 1.29 is 8.42 Å². The van der Waals surface area contributed by atoms with Crippen molar-refractivity contribution >= 4 is 21.4 Å². The molecule has 0 bridgehead atoms. The van der Waals surface area contributed by atoms with E-state index in [1.165, 1.54) is 25.3 Å². The highest BCUT2D eigenvalue weighted by Crippen LogP contribution is 2.33. The number of benzene rings is 1. The van der Waals surface area contributed by atoms with E-state index in [-0.39, 0.29) is 10.6 Å². The third kappa shape index (κ3) is 3.89. The molecule has 0 heterocycles. The molecule has 0 aliphatic heterocycles. The van der Waals surface area contributed by atoms with Crippen LogP contribution in [0, 0.1) is 11.8 Å². The van der Waals surface area contributed by atoms with Crippen LogP contribution in [0.25, 0.3) is 0 Å². The van der Waals surface area contributed by atoms with Crippen LogP contribution in [0.2, 0.25) is 0 Å². The number of hydrogen-bond donors (Lipinski definition) is 3. The minimum absolute atomic E-state index is 0.0166. The molecular weight excluding hydrogens is 286 g/mol. The van der Waals surface area contributed by atoms with Gasteiger partial charge >= 0.3 is 0 Å². The van der Waals surface area contributed by atoms with E-state index < -0.39 is 10.0 Å². The van der Waals surface area contributed by atoms with E-state index in [1.54, 1.807) is 12.1 Å². The smallest absolute Gasteiger partial charge is 0.240 e. The first-order valence-electron chi connectivity index (χ1n) is 7.48. The minimum atomic E-state index is -3.76. The zero-order valence-electron chi connectivity index (χ0n) is 12.7. The lowest BCUT2D eigenvalue weighted by molar-refractivity contribution is 0.254. The predicted octanol–water partition coefficient (Wildman–Crippen LogP) is 2.54. The van der Waals surface area contributed by atoms with Crippen molar-refractivity contribution in [1.29, 1.82) is 0 Å². The quantitative estimate of drug-likeness (QED) is 0.744. The van der Waals surface area contributed by atoms with E-state index in [1.807, 2.05) is 0 Å². The molecular formula is C15H25N3O2S. The lowest BCUT2D eigenvalue weighted by atomic mass is 9.78. The van der Waals surface area contributed by atoms with Gasteiger partial charge in [-0.15, -0.1) is 0 Å². The Morgan fingerprint density at radius 3 is 2.48 bits per heavy atom. The normalized spacial score (nSPS) is 23.2. The largest absolute Gasteiger partial charge is 0.398 e. The van der Waals surface area contributed by atoms with Crippen LogP contribution in [0.15, 0.2) is 23.1 Å². The summed E-state index contributed by atoms with van der Waals surface area (Å²) in [4.78, 5) is -0.0166. The van der Waals surface area contributed by atoms with Crippen molar-refractivity contribution in [2.75, 3.05) is 11.1 Å². The van der Waals surface area contributed by atoms with Crippen LogP contribution in [0.5, 0.6) is 0 Å². The van der Waals surface area contributed by atoms with Gasteiger partial charge in [0, 0.05) is 11.7 Å². The molecule has 1 fully saturated rings. The summed E-state index contributed by atoms with van der Waals surface area (Å²) in [6, 6.07) is 5.28. The predicted molar refractivity (Wildman–Crippen MR) is 86.4 cm³/mol. The van der Waals surface area contributed by atoms with Crippen molar-refractivity contribution in [2.24, 2.45) is 17.0 Å². The maximum atomic E-state index is 11.4. The second kappa shape index (κ2) is 6.23. The van der Waals surface area contributed by atoms with Crippen LogP contribution >= 0.6 is 0 Å². The molecule has 2 atom stereocenters. The zero-order chi connectivity index (χ0) is 15.6. The standard InChI is InChI=1S/C15H25N3O2S/c1-10(2)12-5-3-4-6-14(12)18-11-7-8-15(13(16)9-11)21(17,19)20/h7-10,12,14,18H,3-6,16H2,1-2H3,(H2,17,19,20). The van der Waals surface area contributed by atoms with Gasteiger partial charge in [0.05, 0.1) is 5.69 Å². The van der Waals surface area contributed by atoms with Crippen molar-refractivity contribution in [3.8, 4) is 0 Å². The fourth-order valence-electron chi connectivity index (χ4n) is 3.25. The van der Waals surface area contributed by atoms with Gasteiger partial charge in [0.1, 0.15) is 4.90 Å². The van der Waals surface area contributed by atoms with Gasteiger partial charge in [-0.3, -0.25) is 0 Å². The number of primary sulfonamides is 1. The van der Waals surface area contributed by atoms with Gasteiger partial charge in [-0.2, -0.15) is 0 Å². The summed E-state index contributed by atoms with van der Waals surface area (Å²) in [7, 11) is -3.76. The topological polar surface area (TPSA) is 98.2 Å². The number of hydrogen-bond acceptors (Lipinski definition) is 4. The molecule has 0 radical (unpaired) electrons. The molecule has 5 N–H and O–H groups in total. The summed E-state index contributed by atoms with van der Waals surface area (Å²) < 4.78 is 22.7. The van der Waals surface area contributed by atoms with Crippen LogP contribution in [0.1, 0.15) is 39.5 Å². The maximum Gasteiger partial charge on any atom is 0.240 e. The Kier molecular flexibility index (Phi) is 4.78. The summed E-state index contributed by atoms with van der Waals surface area (Å²) in [6.07, 6.45) is 4.89. The molecule has 0 amide bonds. The Balaban J connectivity index is 2.18. The first-order chi connectivity index (χ1) is 9.79. The highest BCUT2D eigenvalue weighted by molar-refractivity contribution is 7.89. The Labute approximate surface area is 127 Å². The minimum Gasteiger partial charge on any atom is -0.398 e. The van der Waals surface area contributed by atoms with Gasteiger partial charge in [0.2, 0.25) is 10.0 Å². The maximum absolute atomic E-state index is 11.4. The summed E-state index contributed by atoms with van der Waals surface area (Å²) >= 11 is 0. The molecule has 5 nitrogen and oxygen atoms in total. The molecule has 2 rings (SSSR count). The first kappa shape index (κ1) is 16.1. The summed E-state index contributed by atoms with van der Waals surface area (Å²) in [5.41, 5.74) is 6.86. The van der Waals surface area contributed by atoms with Gasteiger partial charge < -0.3 is 11.1 Å². The van der Waals surface area contributed by atoms with E-state index in [2.05, 4.69) is 19.2 Å². The second-order valence-electron chi connectivity index (χ2n) is 6.24. The van der Waals surface area contributed by atoms with Crippen molar-refractivity contribution in [1.82, 2.24) is 0 Å². The molecule has 0 spiro atoms.